The van der Waals surface area contributed by atoms with Crippen molar-refractivity contribution in [3.8, 4) is 0 Å². The van der Waals surface area contributed by atoms with Crippen LogP contribution in [0.3, 0.4) is 0 Å². The lowest BCUT2D eigenvalue weighted by Gasteiger charge is -2.20. The van der Waals surface area contributed by atoms with Crippen LogP contribution in [0.25, 0.3) is 0 Å². The fourth-order valence-electron chi connectivity index (χ4n) is 0.842. The van der Waals surface area contributed by atoms with Crippen LogP contribution < -0.4 is 0 Å². The summed E-state index contributed by atoms with van der Waals surface area (Å²) < 4.78 is 0. The topological polar surface area (TPSA) is 33.1 Å². The predicted molar refractivity (Wildman–Crippen MR) is 43.8 cm³/mol. The fraction of sp³-hybridized carbons (Fsp3) is 0.333. The Kier molecular flexibility index (Phi) is 2.25. The maximum atomic E-state index is 9.64. The van der Waals surface area contributed by atoms with Gasteiger partial charge in [0.05, 0.1) is 5.60 Å². The quantitative estimate of drug-likeness (QED) is 0.693. The number of hydrogen-bond acceptors (Lipinski definition) is 2. The molecule has 1 aromatic heterocycles. The molecule has 2 nitrogen and oxygen atoms in total. The van der Waals surface area contributed by atoms with Gasteiger partial charge in [0, 0.05) is 18.0 Å². The highest BCUT2D eigenvalue weighted by Crippen LogP contribution is 2.21. The molecule has 2 heteroatoms. The zero-order valence-electron chi connectivity index (χ0n) is 6.62. The van der Waals surface area contributed by atoms with Crippen molar-refractivity contribution >= 4 is 0 Å². The molecule has 0 saturated heterocycles. The van der Waals surface area contributed by atoms with Crippen molar-refractivity contribution in [1.29, 1.82) is 0 Å². The summed E-state index contributed by atoms with van der Waals surface area (Å²) in [5.74, 6) is 0. The molecule has 1 radical (unpaired) electrons. The summed E-state index contributed by atoms with van der Waals surface area (Å²) in [7, 11) is 0. The summed E-state index contributed by atoms with van der Waals surface area (Å²) in [5, 5.41) is 9.64. The first-order chi connectivity index (χ1) is 5.17. The van der Waals surface area contributed by atoms with Gasteiger partial charge >= 0.3 is 0 Å². The third-order valence-electron chi connectivity index (χ3n) is 1.78. The summed E-state index contributed by atoms with van der Waals surface area (Å²) in [6, 6.07) is 3.62. The number of rotatable bonds is 2. The summed E-state index contributed by atoms with van der Waals surface area (Å²) in [5.41, 5.74) is -0.212. The maximum Gasteiger partial charge on any atom is 0.0909 e. The highest BCUT2D eigenvalue weighted by Gasteiger charge is 2.19. The predicted octanol–water partition coefficient (Wildman–Crippen LogP) is 1.51. The van der Waals surface area contributed by atoms with Crippen LogP contribution in [0.1, 0.15) is 18.9 Å². The normalized spacial score (nSPS) is 15.9. The zero-order chi connectivity index (χ0) is 8.32. The van der Waals surface area contributed by atoms with E-state index < -0.39 is 5.60 Å². The van der Waals surface area contributed by atoms with Crippen LogP contribution in [-0.4, -0.2) is 10.1 Å². The Morgan fingerprint density at radius 2 is 2.45 bits per heavy atom. The third kappa shape index (κ3) is 1.77. The van der Waals surface area contributed by atoms with Crippen molar-refractivity contribution in [2.24, 2.45) is 0 Å². The van der Waals surface area contributed by atoms with E-state index in [1.807, 2.05) is 13.0 Å². The second-order valence-corrected chi connectivity index (χ2v) is 2.63. The van der Waals surface area contributed by atoms with Crippen LogP contribution in [0, 0.1) is 6.92 Å². The number of aliphatic hydroxyl groups is 1. The summed E-state index contributed by atoms with van der Waals surface area (Å²) >= 11 is 0. The molecule has 1 rings (SSSR count). The lowest BCUT2D eigenvalue weighted by Crippen LogP contribution is -2.19. The Morgan fingerprint density at radius 3 is 2.91 bits per heavy atom. The van der Waals surface area contributed by atoms with Crippen LogP contribution in [0.15, 0.2) is 24.5 Å². The second-order valence-electron chi connectivity index (χ2n) is 2.63. The van der Waals surface area contributed by atoms with Gasteiger partial charge in [-0.05, 0) is 19.4 Å². The highest BCUT2D eigenvalue weighted by atomic mass is 16.3. The summed E-state index contributed by atoms with van der Waals surface area (Å²) in [4.78, 5) is 3.90. The van der Waals surface area contributed by atoms with E-state index in [-0.39, 0.29) is 0 Å². The molecule has 0 aliphatic rings. The van der Waals surface area contributed by atoms with Crippen molar-refractivity contribution in [3.63, 3.8) is 0 Å². The monoisotopic (exact) mass is 150 g/mol. The highest BCUT2D eigenvalue weighted by molar-refractivity contribution is 5.18. The van der Waals surface area contributed by atoms with Gasteiger partial charge in [-0.3, -0.25) is 4.98 Å². The van der Waals surface area contributed by atoms with E-state index in [0.717, 1.165) is 5.56 Å². The Balaban J connectivity index is 2.93. The summed E-state index contributed by atoms with van der Waals surface area (Å²) in [6.07, 6.45) is 3.91. The Bertz CT molecular complexity index is 218. The van der Waals surface area contributed by atoms with Gasteiger partial charge in [-0.25, -0.2) is 0 Å². The minimum absolute atomic E-state index is 0.596. The molecule has 0 spiro atoms. The van der Waals surface area contributed by atoms with Crippen molar-refractivity contribution in [3.05, 3.63) is 37.0 Å². The minimum atomic E-state index is -0.978. The molecule has 0 fully saturated rings. The molecule has 11 heavy (non-hydrogen) atoms. The van der Waals surface area contributed by atoms with Crippen LogP contribution in [-0.2, 0) is 5.60 Å². The molecular formula is C9H12NO. The number of nitrogens with zero attached hydrogens (tertiary/aromatic N) is 1. The van der Waals surface area contributed by atoms with Gasteiger partial charge < -0.3 is 5.11 Å². The van der Waals surface area contributed by atoms with E-state index in [2.05, 4.69) is 11.9 Å². The Labute approximate surface area is 66.9 Å². The zero-order valence-corrected chi connectivity index (χ0v) is 6.62. The minimum Gasteiger partial charge on any atom is -0.385 e. The Hall–Kier alpha value is -0.890. The first-order valence-corrected chi connectivity index (χ1v) is 3.65. The number of pyridine rings is 1. The number of hydrogen-bond donors (Lipinski definition) is 1. The molecule has 0 aliphatic carbocycles. The molecule has 0 bridgehead atoms. The second kappa shape index (κ2) is 3.01. The van der Waals surface area contributed by atoms with Gasteiger partial charge in [-0.15, -0.1) is 0 Å². The molecule has 0 aromatic carbocycles. The summed E-state index contributed by atoms with van der Waals surface area (Å²) in [6.45, 7) is 5.56. The SMILES string of the molecule is [CH2]C(O)(CC)c1cccnc1. The van der Waals surface area contributed by atoms with Gasteiger partial charge in [-0.2, -0.15) is 0 Å². The van der Waals surface area contributed by atoms with E-state index in [0.29, 0.717) is 6.42 Å². The molecule has 0 saturated carbocycles. The Morgan fingerprint density at radius 1 is 1.73 bits per heavy atom. The molecular weight excluding hydrogens is 138 g/mol. The molecule has 1 heterocycles. The van der Waals surface area contributed by atoms with Gasteiger partial charge in [0.2, 0.25) is 0 Å². The van der Waals surface area contributed by atoms with Crippen molar-refractivity contribution in [1.82, 2.24) is 4.98 Å². The maximum absolute atomic E-state index is 9.64. The van der Waals surface area contributed by atoms with E-state index in [1.165, 1.54) is 0 Å². The van der Waals surface area contributed by atoms with Gasteiger partial charge in [0.1, 0.15) is 0 Å². The van der Waals surface area contributed by atoms with Gasteiger partial charge in [0.15, 0.2) is 0 Å². The lowest BCUT2D eigenvalue weighted by molar-refractivity contribution is 0.0817. The molecule has 1 unspecified atom stereocenters. The van der Waals surface area contributed by atoms with Crippen molar-refractivity contribution in [2.75, 3.05) is 0 Å². The standard InChI is InChI=1S/C9H12NO/c1-3-9(2,11)8-5-4-6-10-7-8/h4-7,11H,2-3H2,1H3. The average molecular weight is 150 g/mol. The molecule has 0 aliphatic heterocycles. The van der Waals surface area contributed by atoms with E-state index in [9.17, 15) is 5.11 Å². The molecule has 1 aromatic rings. The van der Waals surface area contributed by atoms with Crippen LogP contribution in [0.5, 0.6) is 0 Å². The lowest BCUT2D eigenvalue weighted by atomic mass is 9.95. The average Bonchev–Trinajstić information content (AvgIpc) is 2.06. The van der Waals surface area contributed by atoms with Gasteiger partial charge in [0.25, 0.3) is 0 Å². The van der Waals surface area contributed by atoms with E-state index >= 15 is 0 Å². The first-order valence-electron chi connectivity index (χ1n) is 3.65. The van der Waals surface area contributed by atoms with Crippen LogP contribution >= 0.6 is 0 Å². The molecule has 0 amide bonds. The third-order valence-corrected chi connectivity index (χ3v) is 1.78. The van der Waals surface area contributed by atoms with Gasteiger partial charge in [-0.1, -0.05) is 13.0 Å². The molecule has 1 atom stereocenters. The first kappa shape index (κ1) is 8.21. The van der Waals surface area contributed by atoms with Crippen molar-refractivity contribution in [2.45, 2.75) is 18.9 Å². The smallest absolute Gasteiger partial charge is 0.0909 e. The number of aromatic nitrogens is 1. The van der Waals surface area contributed by atoms with E-state index in [4.69, 9.17) is 0 Å². The van der Waals surface area contributed by atoms with Crippen LogP contribution in [0.4, 0.5) is 0 Å². The largest absolute Gasteiger partial charge is 0.385 e. The molecule has 59 valence electrons. The van der Waals surface area contributed by atoms with Crippen LogP contribution in [0.2, 0.25) is 0 Å². The van der Waals surface area contributed by atoms with E-state index in [1.54, 1.807) is 18.5 Å². The fourth-order valence-corrected chi connectivity index (χ4v) is 0.842. The molecule has 1 N–H and O–H groups in total. The van der Waals surface area contributed by atoms with Crippen molar-refractivity contribution < 1.29 is 5.11 Å².